The summed E-state index contributed by atoms with van der Waals surface area (Å²) >= 11 is 0. The Morgan fingerprint density at radius 1 is 1.00 bits per heavy atom. The van der Waals surface area contributed by atoms with Crippen molar-refractivity contribution in [3.05, 3.63) is 89.9 Å². The highest BCUT2D eigenvalue weighted by Crippen LogP contribution is 2.40. The number of nitrogens with zero attached hydrogens (tertiary/aromatic N) is 1. The van der Waals surface area contributed by atoms with E-state index in [0.717, 1.165) is 22.0 Å². The van der Waals surface area contributed by atoms with E-state index in [-0.39, 0.29) is 11.8 Å². The first-order valence-corrected chi connectivity index (χ1v) is 9.68. The van der Waals surface area contributed by atoms with Gasteiger partial charge in [-0.25, -0.2) is 0 Å². The van der Waals surface area contributed by atoms with Gasteiger partial charge in [0, 0.05) is 53.1 Å². The standard InChI is InChI=1S/C24H23N3O3/c1-29-22-9-5-7-18(23(22)30-2)20(15-27-24(28)16-10-12-25-13-11-16)19-14-26-21-8-4-3-6-17(19)21/h3-14,20,26H,15H2,1-2H3,(H,27,28). The van der Waals surface area contributed by atoms with E-state index in [2.05, 4.69) is 21.4 Å². The Morgan fingerprint density at radius 3 is 2.57 bits per heavy atom. The molecule has 1 unspecified atom stereocenters. The van der Waals surface area contributed by atoms with Gasteiger partial charge in [0.2, 0.25) is 0 Å². The van der Waals surface area contributed by atoms with Crippen LogP contribution in [-0.2, 0) is 0 Å². The van der Waals surface area contributed by atoms with Crippen molar-refractivity contribution in [2.75, 3.05) is 20.8 Å². The van der Waals surface area contributed by atoms with Crippen molar-refractivity contribution in [3.63, 3.8) is 0 Å². The molecule has 0 spiro atoms. The Morgan fingerprint density at radius 2 is 1.80 bits per heavy atom. The Labute approximate surface area is 174 Å². The lowest BCUT2D eigenvalue weighted by Crippen LogP contribution is -2.29. The fraction of sp³-hybridized carbons (Fsp3) is 0.167. The summed E-state index contributed by atoms with van der Waals surface area (Å²) in [7, 11) is 3.25. The lowest BCUT2D eigenvalue weighted by atomic mass is 9.89. The zero-order valence-electron chi connectivity index (χ0n) is 16.9. The molecule has 30 heavy (non-hydrogen) atoms. The number of carbonyl (C=O) groups excluding carboxylic acids is 1. The summed E-state index contributed by atoms with van der Waals surface area (Å²) < 4.78 is 11.2. The zero-order chi connectivity index (χ0) is 20.9. The molecule has 0 saturated heterocycles. The van der Waals surface area contributed by atoms with Crippen molar-refractivity contribution in [1.29, 1.82) is 0 Å². The summed E-state index contributed by atoms with van der Waals surface area (Å²) in [6.45, 7) is 0.395. The smallest absolute Gasteiger partial charge is 0.251 e. The van der Waals surface area contributed by atoms with Crippen LogP contribution in [-0.4, -0.2) is 36.6 Å². The number of para-hydroxylation sites is 2. The van der Waals surface area contributed by atoms with Crippen molar-refractivity contribution in [2.45, 2.75) is 5.92 Å². The van der Waals surface area contributed by atoms with E-state index in [1.54, 1.807) is 38.7 Å². The molecule has 6 heteroatoms. The maximum absolute atomic E-state index is 12.7. The van der Waals surface area contributed by atoms with Gasteiger partial charge in [0.1, 0.15) is 0 Å². The summed E-state index contributed by atoms with van der Waals surface area (Å²) in [5.41, 5.74) is 3.63. The quantitative estimate of drug-likeness (QED) is 0.488. The number of hydrogen-bond acceptors (Lipinski definition) is 4. The van der Waals surface area contributed by atoms with Crippen LogP contribution < -0.4 is 14.8 Å². The predicted molar refractivity (Wildman–Crippen MR) is 116 cm³/mol. The monoisotopic (exact) mass is 401 g/mol. The van der Waals surface area contributed by atoms with Gasteiger partial charge < -0.3 is 19.8 Å². The molecule has 4 rings (SSSR count). The maximum Gasteiger partial charge on any atom is 0.251 e. The van der Waals surface area contributed by atoms with Crippen LogP contribution in [0.2, 0.25) is 0 Å². The molecule has 0 fully saturated rings. The molecule has 4 aromatic rings. The predicted octanol–water partition coefficient (Wildman–Crippen LogP) is 4.14. The number of nitrogens with one attached hydrogen (secondary N) is 2. The topological polar surface area (TPSA) is 76.2 Å². The van der Waals surface area contributed by atoms with E-state index >= 15 is 0 Å². The minimum absolute atomic E-state index is 0.142. The molecule has 0 saturated carbocycles. The van der Waals surface area contributed by atoms with E-state index in [0.29, 0.717) is 23.6 Å². The number of hydrogen-bond donors (Lipinski definition) is 2. The van der Waals surface area contributed by atoms with Crippen LogP contribution in [0.3, 0.4) is 0 Å². The average Bonchev–Trinajstić information content (AvgIpc) is 3.23. The molecule has 152 valence electrons. The number of aromatic amines is 1. The number of ether oxygens (including phenoxy) is 2. The second-order valence-corrected chi connectivity index (χ2v) is 6.87. The van der Waals surface area contributed by atoms with Crippen LogP contribution in [0.1, 0.15) is 27.4 Å². The summed E-state index contributed by atoms with van der Waals surface area (Å²) in [6.07, 6.45) is 5.21. The first-order chi connectivity index (χ1) is 14.7. The lowest BCUT2D eigenvalue weighted by molar-refractivity contribution is 0.0952. The number of aromatic nitrogens is 2. The minimum Gasteiger partial charge on any atom is -0.493 e. The number of pyridine rings is 1. The fourth-order valence-electron chi connectivity index (χ4n) is 3.76. The molecule has 0 bridgehead atoms. The Kier molecular flexibility index (Phi) is 5.66. The summed E-state index contributed by atoms with van der Waals surface area (Å²) in [5.74, 6) is 1.02. The molecule has 0 aliphatic heterocycles. The Balaban J connectivity index is 1.75. The number of fused-ring (bicyclic) bond motifs is 1. The van der Waals surface area contributed by atoms with Crippen molar-refractivity contribution >= 4 is 16.8 Å². The molecule has 0 aliphatic rings. The molecule has 1 atom stereocenters. The number of carbonyl (C=O) groups is 1. The van der Waals surface area contributed by atoms with Crippen LogP contribution in [0.15, 0.2) is 73.2 Å². The Bertz CT molecular complexity index is 1150. The third kappa shape index (κ3) is 3.72. The van der Waals surface area contributed by atoms with Gasteiger partial charge in [-0.2, -0.15) is 0 Å². The highest BCUT2D eigenvalue weighted by Gasteiger charge is 2.24. The molecule has 2 heterocycles. The van der Waals surface area contributed by atoms with Gasteiger partial charge in [-0.15, -0.1) is 0 Å². The maximum atomic E-state index is 12.7. The number of benzene rings is 2. The number of H-pyrrole nitrogens is 1. The summed E-state index contributed by atoms with van der Waals surface area (Å²) in [5, 5.41) is 4.16. The van der Waals surface area contributed by atoms with Crippen molar-refractivity contribution < 1.29 is 14.3 Å². The molecule has 0 radical (unpaired) electrons. The normalized spacial score (nSPS) is 11.8. The van der Waals surface area contributed by atoms with Crippen molar-refractivity contribution in [3.8, 4) is 11.5 Å². The number of amides is 1. The van der Waals surface area contributed by atoms with Crippen molar-refractivity contribution in [1.82, 2.24) is 15.3 Å². The molecular formula is C24H23N3O3. The minimum atomic E-state index is -0.149. The molecule has 2 aromatic carbocycles. The van der Waals surface area contributed by atoms with Gasteiger partial charge in [0.05, 0.1) is 14.2 Å². The van der Waals surface area contributed by atoms with Crippen LogP contribution >= 0.6 is 0 Å². The molecule has 2 N–H and O–H groups in total. The SMILES string of the molecule is COc1cccc(C(CNC(=O)c2ccncc2)c2c[nH]c3ccccc23)c1OC. The fourth-order valence-corrected chi connectivity index (χ4v) is 3.76. The Hall–Kier alpha value is -3.80. The van der Waals surface area contributed by atoms with Crippen LogP contribution in [0.25, 0.3) is 10.9 Å². The van der Waals surface area contributed by atoms with E-state index in [9.17, 15) is 4.79 Å². The molecule has 1 amide bonds. The van der Waals surface area contributed by atoms with Gasteiger partial charge in [-0.3, -0.25) is 9.78 Å². The van der Waals surface area contributed by atoms with Gasteiger partial charge in [-0.1, -0.05) is 30.3 Å². The number of rotatable bonds is 7. The summed E-state index contributed by atoms with van der Waals surface area (Å²) in [6, 6.07) is 17.3. The van der Waals surface area contributed by atoms with Gasteiger partial charge in [0.25, 0.3) is 5.91 Å². The second-order valence-electron chi connectivity index (χ2n) is 6.87. The second kappa shape index (κ2) is 8.69. The zero-order valence-corrected chi connectivity index (χ0v) is 16.9. The lowest BCUT2D eigenvalue weighted by Gasteiger charge is -2.22. The van der Waals surface area contributed by atoms with E-state index in [1.807, 2.05) is 42.6 Å². The van der Waals surface area contributed by atoms with Gasteiger partial charge in [-0.05, 0) is 29.8 Å². The van der Waals surface area contributed by atoms with Gasteiger partial charge in [0.15, 0.2) is 11.5 Å². The largest absolute Gasteiger partial charge is 0.493 e. The van der Waals surface area contributed by atoms with Crippen LogP contribution in [0.5, 0.6) is 11.5 Å². The summed E-state index contributed by atoms with van der Waals surface area (Å²) in [4.78, 5) is 20.0. The molecule has 6 nitrogen and oxygen atoms in total. The first kappa shape index (κ1) is 19.5. The van der Waals surface area contributed by atoms with Gasteiger partial charge >= 0.3 is 0 Å². The van der Waals surface area contributed by atoms with Crippen molar-refractivity contribution in [2.24, 2.45) is 0 Å². The molecule has 0 aliphatic carbocycles. The highest BCUT2D eigenvalue weighted by atomic mass is 16.5. The van der Waals surface area contributed by atoms with Crippen LogP contribution in [0, 0.1) is 0 Å². The highest BCUT2D eigenvalue weighted by molar-refractivity contribution is 5.94. The number of methoxy groups -OCH3 is 2. The molecule has 2 aromatic heterocycles. The van der Waals surface area contributed by atoms with Crippen LogP contribution in [0.4, 0.5) is 0 Å². The van der Waals surface area contributed by atoms with E-state index in [4.69, 9.17) is 9.47 Å². The van der Waals surface area contributed by atoms with E-state index in [1.165, 1.54) is 0 Å². The first-order valence-electron chi connectivity index (χ1n) is 9.68. The third-order valence-electron chi connectivity index (χ3n) is 5.21. The third-order valence-corrected chi connectivity index (χ3v) is 5.21. The average molecular weight is 401 g/mol. The van der Waals surface area contributed by atoms with E-state index < -0.39 is 0 Å². The molecular weight excluding hydrogens is 378 g/mol.